The van der Waals surface area contributed by atoms with Crippen molar-refractivity contribution >= 4 is 11.4 Å². The van der Waals surface area contributed by atoms with Crippen molar-refractivity contribution in [1.29, 1.82) is 0 Å². The summed E-state index contributed by atoms with van der Waals surface area (Å²) in [4.78, 5) is 0. The molecule has 0 unspecified atom stereocenters. The summed E-state index contributed by atoms with van der Waals surface area (Å²) in [6.45, 7) is 3.91. The van der Waals surface area contributed by atoms with Crippen LogP contribution in [0.2, 0.25) is 0 Å². The minimum Gasteiger partial charge on any atom is -0.502 e. The maximum atomic E-state index is 10.1. The largest absolute Gasteiger partial charge is 0.502 e. The summed E-state index contributed by atoms with van der Waals surface area (Å²) in [6, 6.07) is 6.75. The van der Waals surface area contributed by atoms with E-state index in [1.807, 2.05) is 13.8 Å². The number of rotatable bonds is 9. The summed E-state index contributed by atoms with van der Waals surface area (Å²) in [7, 11) is 5.89. The van der Waals surface area contributed by atoms with Crippen LogP contribution in [0.1, 0.15) is 37.8 Å². The molecule has 0 heterocycles. The van der Waals surface area contributed by atoms with E-state index < -0.39 is 0 Å². The highest BCUT2D eigenvalue weighted by Gasteiger charge is 2.16. The van der Waals surface area contributed by atoms with Crippen LogP contribution in [0.5, 0.6) is 34.5 Å². The molecule has 30 heavy (non-hydrogen) atoms. The molecule has 0 radical (unpaired) electrons. The van der Waals surface area contributed by atoms with E-state index in [0.29, 0.717) is 47.3 Å². The third kappa shape index (κ3) is 4.76. The van der Waals surface area contributed by atoms with E-state index in [2.05, 4.69) is 10.2 Å². The molecule has 2 aromatic carbocycles. The Balaban J connectivity index is 2.54. The van der Waals surface area contributed by atoms with Crippen LogP contribution in [0.25, 0.3) is 0 Å². The van der Waals surface area contributed by atoms with Crippen molar-refractivity contribution < 1.29 is 29.2 Å². The van der Waals surface area contributed by atoms with Crippen molar-refractivity contribution in [3.05, 3.63) is 35.4 Å². The molecule has 162 valence electrons. The highest BCUT2D eigenvalue weighted by Crippen LogP contribution is 2.38. The number of phenols is 2. The Morgan fingerprint density at radius 2 is 0.900 bits per heavy atom. The van der Waals surface area contributed by atoms with Crippen molar-refractivity contribution in [3.63, 3.8) is 0 Å². The molecule has 8 heteroatoms. The molecule has 0 amide bonds. The van der Waals surface area contributed by atoms with Gasteiger partial charge in [0.05, 0.1) is 39.9 Å². The fourth-order valence-electron chi connectivity index (χ4n) is 2.91. The number of ether oxygens (including phenoxy) is 4. The normalized spacial score (nSPS) is 11.9. The Bertz CT molecular complexity index is 825. The lowest BCUT2D eigenvalue weighted by molar-refractivity contribution is 0.340. The Morgan fingerprint density at radius 1 is 0.633 bits per heavy atom. The quantitative estimate of drug-likeness (QED) is 0.470. The lowest BCUT2D eigenvalue weighted by atomic mass is 10.1. The van der Waals surface area contributed by atoms with Gasteiger partial charge < -0.3 is 29.2 Å². The van der Waals surface area contributed by atoms with E-state index in [-0.39, 0.29) is 11.5 Å². The zero-order chi connectivity index (χ0) is 22.3. The van der Waals surface area contributed by atoms with Gasteiger partial charge >= 0.3 is 0 Å². The van der Waals surface area contributed by atoms with Crippen molar-refractivity contribution in [1.82, 2.24) is 0 Å². The molecule has 0 atom stereocenters. The Labute approximate surface area is 176 Å². The maximum absolute atomic E-state index is 10.1. The van der Waals surface area contributed by atoms with Gasteiger partial charge in [-0.05, 0) is 37.1 Å². The minimum atomic E-state index is -0.0692. The molecule has 2 aromatic rings. The number of benzene rings is 2. The second-order valence-electron chi connectivity index (χ2n) is 6.26. The lowest BCUT2D eigenvalue weighted by Gasteiger charge is -2.12. The van der Waals surface area contributed by atoms with E-state index in [4.69, 9.17) is 18.9 Å². The minimum absolute atomic E-state index is 0.0692. The monoisotopic (exact) mass is 416 g/mol. The van der Waals surface area contributed by atoms with Gasteiger partial charge in [-0.3, -0.25) is 0 Å². The molecular formula is C22H28N2O6. The van der Waals surface area contributed by atoms with Gasteiger partial charge in [0.15, 0.2) is 23.0 Å². The molecule has 0 saturated carbocycles. The Kier molecular flexibility index (Phi) is 7.91. The topological polar surface area (TPSA) is 102 Å². The van der Waals surface area contributed by atoms with Gasteiger partial charge in [-0.15, -0.1) is 0 Å². The standard InChI is InChI=1S/C22H28N2O6/c1-7-15(13-9-17(27-3)21(25)18(10-13)28-4)23-24-16(8-2)14-11-19(29-5)22(26)20(12-14)30-6/h9-12,25-26H,7-8H2,1-6H3/b23-15+,24-16+. The first-order valence-electron chi connectivity index (χ1n) is 9.47. The molecule has 8 nitrogen and oxygen atoms in total. The fourth-order valence-corrected chi connectivity index (χ4v) is 2.91. The highest BCUT2D eigenvalue weighted by atomic mass is 16.5. The smallest absolute Gasteiger partial charge is 0.200 e. The number of phenolic OH excluding ortho intramolecular Hbond substituents is 2. The molecule has 0 fully saturated rings. The van der Waals surface area contributed by atoms with Crippen LogP contribution in [-0.4, -0.2) is 50.1 Å². The van der Waals surface area contributed by atoms with Crippen LogP contribution >= 0.6 is 0 Å². The zero-order valence-corrected chi connectivity index (χ0v) is 18.1. The van der Waals surface area contributed by atoms with Crippen LogP contribution in [0, 0.1) is 0 Å². The molecule has 0 aliphatic heterocycles. The average Bonchev–Trinajstić information content (AvgIpc) is 2.77. The summed E-state index contributed by atoms with van der Waals surface area (Å²) in [6.07, 6.45) is 1.19. The van der Waals surface area contributed by atoms with Crippen molar-refractivity contribution in [2.45, 2.75) is 26.7 Å². The fraction of sp³-hybridized carbons (Fsp3) is 0.364. The molecule has 2 rings (SSSR count). The van der Waals surface area contributed by atoms with Gasteiger partial charge in [-0.2, -0.15) is 10.2 Å². The zero-order valence-electron chi connectivity index (χ0n) is 18.1. The van der Waals surface area contributed by atoms with Gasteiger partial charge in [0.1, 0.15) is 0 Å². The lowest BCUT2D eigenvalue weighted by Crippen LogP contribution is -2.04. The molecule has 0 bridgehead atoms. The van der Waals surface area contributed by atoms with Gasteiger partial charge in [0.25, 0.3) is 0 Å². The molecule has 0 aromatic heterocycles. The number of nitrogens with zero attached hydrogens (tertiary/aromatic N) is 2. The molecule has 0 spiro atoms. The first-order valence-corrected chi connectivity index (χ1v) is 9.47. The average molecular weight is 416 g/mol. The van der Waals surface area contributed by atoms with Crippen LogP contribution in [0.4, 0.5) is 0 Å². The van der Waals surface area contributed by atoms with E-state index in [9.17, 15) is 10.2 Å². The van der Waals surface area contributed by atoms with Crippen molar-refractivity contribution in [2.24, 2.45) is 10.2 Å². The van der Waals surface area contributed by atoms with Crippen LogP contribution in [0.3, 0.4) is 0 Å². The van der Waals surface area contributed by atoms with E-state index in [1.54, 1.807) is 24.3 Å². The summed E-state index contributed by atoms with van der Waals surface area (Å²) in [5.41, 5.74) is 2.83. The number of hydrogen-bond acceptors (Lipinski definition) is 8. The van der Waals surface area contributed by atoms with Gasteiger partial charge in [-0.25, -0.2) is 0 Å². The first kappa shape index (κ1) is 22.9. The van der Waals surface area contributed by atoms with Gasteiger partial charge in [-0.1, -0.05) is 13.8 Å². The summed E-state index contributed by atoms with van der Waals surface area (Å²) in [5.74, 6) is 1.02. The summed E-state index contributed by atoms with van der Waals surface area (Å²) < 4.78 is 20.9. The van der Waals surface area contributed by atoms with Crippen LogP contribution in [-0.2, 0) is 0 Å². The molecule has 2 N–H and O–H groups in total. The van der Waals surface area contributed by atoms with Crippen LogP contribution < -0.4 is 18.9 Å². The molecule has 0 aliphatic carbocycles. The highest BCUT2D eigenvalue weighted by molar-refractivity contribution is 6.04. The number of hydrogen-bond donors (Lipinski definition) is 2. The summed E-state index contributed by atoms with van der Waals surface area (Å²) >= 11 is 0. The second kappa shape index (κ2) is 10.4. The predicted molar refractivity (Wildman–Crippen MR) is 116 cm³/mol. The SMILES string of the molecule is CC/C(=N\N=C(/CC)c1cc(OC)c(O)c(OC)c1)c1cc(OC)c(O)c(OC)c1. The number of aromatic hydroxyl groups is 2. The Morgan fingerprint density at radius 3 is 1.10 bits per heavy atom. The third-order valence-electron chi connectivity index (χ3n) is 4.59. The number of methoxy groups -OCH3 is 4. The van der Waals surface area contributed by atoms with E-state index in [0.717, 1.165) is 11.1 Å². The summed E-state index contributed by atoms with van der Waals surface area (Å²) in [5, 5.41) is 29.1. The molecular weight excluding hydrogens is 388 g/mol. The van der Waals surface area contributed by atoms with Crippen LogP contribution in [0.15, 0.2) is 34.5 Å². The molecule has 0 aliphatic rings. The van der Waals surface area contributed by atoms with Crippen molar-refractivity contribution in [3.8, 4) is 34.5 Å². The molecule has 0 saturated heterocycles. The first-order chi connectivity index (χ1) is 14.4. The van der Waals surface area contributed by atoms with E-state index in [1.165, 1.54) is 28.4 Å². The van der Waals surface area contributed by atoms with Gasteiger partial charge in [0.2, 0.25) is 11.5 Å². The maximum Gasteiger partial charge on any atom is 0.200 e. The second-order valence-corrected chi connectivity index (χ2v) is 6.26. The third-order valence-corrected chi connectivity index (χ3v) is 4.59. The Hall–Kier alpha value is -3.42. The van der Waals surface area contributed by atoms with Crippen molar-refractivity contribution in [2.75, 3.05) is 28.4 Å². The van der Waals surface area contributed by atoms with Gasteiger partial charge in [0, 0.05) is 11.1 Å². The van der Waals surface area contributed by atoms with E-state index >= 15 is 0 Å². The predicted octanol–water partition coefficient (Wildman–Crippen LogP) is 4.15.